The molecule has 0 N–H and O–H groups in total. The van der Waals surface area contributed by atoms with Crippen molar-refractivity contribution in [3.63, 3.8) is 0 Å². The smallest absolute Gasteiger partial charge is 0.144 e. The molecule has 0 saturated carbocycles. The van der Waals surface area contributed by atoms with E-state index in [-0.39, 0.29) is 0 Å². The van der Waals surface area contributed by atoms with Crippen LogP contribution in [-0.2, 0) is 14.1 Å². The molecule has 3 aromatic rings. The average Bonchev–Trinajstić information content (AvgIpc) is 2.90. The Morgan fingerprint density at radius 2 is 1.90 bits per heavy atom. The van der Waals surface area contributed by atoms with Gasteiger partial charge in [0, 0.05) is 20.3 Å². The van der Waals surface area contributed by atoms with E-state index in [2.05, 4.69) is 61.9 Å². The second-order valence-corrected chi connectivity index (χ2v) is 5.74. The van der Waals surface area contributed by atoms with Crippen LogP contribution in [0.2, 0.25) is 0 Å². The van der Waals surface area contributed by atoms with Crippen LogP contribution in [0.4, 0.5) is 0 Å². The highest BCUT2D eigenvalue weighted by Gasteiger charge is 2.18. The molecular formula is C16H20N4. The van der Waals surface area contributed by atoms with E-state index in [0.717, 1.165) is 28.1 Å². The molecule has 1 aromatic carbocycles. The van der Waals surface area contributed by atoms with Gasteiger partial charge < -0.3 is 4.57 Å². The van der Waals surface area contributed by atoms with Crippen molar-refractivity contribution in [2.45, 2.75) is 26.7 Å². The molecule has 0 spiro atoms. The number of fused-ring (bicyclic) bond motifs is 1. The molecule has 0 bridgehead atoms. The first-order chi connectivity index (χ1) is 9.47. The third kappa shape index (κ3) is 1.92. The number of imidazole rings is 1. The van der Waals surface area contributed by atoms with Gasteiger partial charge in [0.25, 0.3) is 0 Å². The molecule has 4 heteroatoms. The van der Waals surface area contributed by atoms with Crippen LogP contribution in [0.1, 0.15) is 31.0 Å². The summed E-state index contributed by atoms with van der Waals surface area (Å²) in [4.78, 5) is 4.81. The molecule has 104 valence electrons. The molecule has 2 heterocycles. The maximum absolute atomic E-state index is 4.81. The largest absolute Gasteiger partial charge is 0.327 e. The number of aryl methyl sites for hydroxylation is 3. The summed E-state index contributed by atoms with van der Waals surface area (Å²) in [6.07, 6.45) is 2.06. The van der Waals surface area contributed by atoms with Crippen molar-refractivity contribution in [1.82, 2.24) is 19.3 Å². The topological polar surface area (TPSA) is 35.6 Å². The molecule has 3 rings (SSSR count). The van der Waals surface area contributed by atoms with Gasteiger partial charge in [0.2, 0.25) is 0 Å². The maximum atomic E-state index is 4.81. The van der Waals surface area contributed by atoms with E-state index in [1.807, 2.05) is 11.7 Å². The summed E-state index contributed by atoms with van der Waals surface area (Å²) in [6.45, 7) is 6.43. The fourth-order valence-electron chi connectivity index (χ4n) is 2.66. The SMILES string of the molecule is Cc1ccc2c(c1)nc(-c1cn(C)nc1C(C)C)n2C. The maximum Gasteiger partial charge on any atom is 0.144 e. The number of rotatable bonds is 2. The standard InChI is InChI=1S/C16H20N4/c1-10(2)15-12(9-19(4)18-15)16-17-13-8-11(3)6-7-14(13)20(16)5/h6-10H,1-5H3. The lowest BCUT2D eigenvalue weighted by molar-refractivity contribution is 0.713. The molecule has 0 radical (unpaired) electrons. The number of hydrogen-bond donors (Lipinski definition) is 0. The second kappa shape index (κ2) is 4.47. The fraction of sp³-hybridized carbons (Fsp3) is 0.375. The van der Waals surface area contributed by atoms with Crippen LogP contribution in [0.3, 0.4) is 0 Å². The molecule has 0 unspecified atom stereocenters. The highest BCUT2D eigenvalue weighted by atomic mass is 15.3. The van der Waals surface area contributed by atoms with Crippen molar-refractivity contribution in [3.8, 4) is 11.4 Å². The summed E-state index contributed by atoms with van der Waals surface area (Å²) in [7, 11) is 4.03. The summed E-state index contributed by atoms with van der Waals surface area (Å²) in [5.74, 6) is 1.37. The van der Waals surface area contributed by atoms with Gasteiger partial charge in [0.1, 0.15) is 5.82 Å². The third-order valence-corrected chi connectivity index (χ3v) is 3.68. The van der Waals surface area contributed by atoms with Gasteiger partial charge in [-0.1, -0.05) is 19.9 Å². The Kier molecular flexibility index (Phi) is 2.89. The van der Waals surface area contributed by atoms with Gasteiger partial charge in [-0.3, -0.25) is 4.68 Å². The van der Waals surface area contributed by atoms with E-state index in [1.165, 1.54) is 5.56 Å². The predicted octanol–water partition coefficient (Wildman–Crippen LogP) is 3.41. The van der Waals surface area contributed by atoms with Crippen molar-refractivity contribution in [3.05, 3.63) is 35.7 Å². The molecule has 2 aromatic heterocycles. The van der Waals surface area contributed by atoms with Gasteiger partial charge in [-0.05, 0) is 30.5 Å². The lowest BCUT2D eigenvalue weighted by Gasteiger charge is -2.05. The number of aromatic nitrogens is 4. The van der Waals surface area contributed by atoms with Crippen molar-refractivity contribution in [1.29, 1.82) is 0 Å². The van der Waals surface area contributed by atoms with Crippen LogP contribution in [0.25, 0.3) is 22.4 Å². The third-order valence-electron chi connectivity index (χ3n) is 3.68. The number of nitrogens with zero attached hydrogens (tertiary/aromatic N) is 4. The van der Waals surface area contributed by atoms with Crippen LogP contribution in [0.15, 0.2) is 24.4 Å². The van der Waals surface area contributed by atoms with Crippen molar-refractivity contribution in [2.75, 3.05) is 0 Å². The zero-order valence-corrected chi connectivity index (χ0v) is 12.7. The predicted molar refractivity (Wildman–Crippen MR) is 81.7 cm³/mol. The van der Waals surface area contributed by atoms with E-state index < -0.39 is 0 Å². The lowest BCUT2D eigenvalue weighted by atomic mass is 10.1. The Morgan fingerprint density at radius 1 is 1.15 bits per heavy atom. The van der Waals surface area contributed by atoms with Gasteiger partial charge in [-0.2, -0.15) is 5.10 Å². The number of hydrogen-bond acceptors (Lipinski definition) is 2. The minimum absolute atomic E-state index is 0.382. The summed E-state index contributed by atoms with van der Waals surface area (Å²) in [5.41, 5.74) is 5.66. The minimum Gasteiger partial charge on any atom is -0.327 e. The van der Waals surface area contributed by atoms with Gasteiger partial charge in [0.05, 0.1) is 22.3 Å². The first-order valence-corrected chi connectivity index (χ1v) is 6.94. The molecule has 0 aliphatic carbocycles. The van der Waals surface area contributed by atoms with Gasteiger partial charge in [-0.15, -0.1) is 0 Å². The first kappa shape index (κ1) is 12.9. The Morgan fingerprint density at radius 3 is 2.60 bits per heavy atom. The van der Waals surface area contributed by atoms with E-state index >= 15 is 0 Å². The normalized spacial score (nSPS) is 11.7. The molecule has 0 aliphatic heterocycles. The summed E-state index contributed by atoms with van der Waals surface area (Å²) in [6, 6.07) is 6.39. The summed E-state index contributed by atoms with van der Waals surface area (Å²) < 4.78 is 4.02. The van der Waals surface area contributed by atoms with Crippen LogP contribution in [0.5, 0.6) is 0 Å². The first-order valence-electron chi connectivity index (χ1n) is 6.94. The highest BCUT2D eigenvalue weighted by molar-refractivity contribution is 5.81. The zero-order valence-electron chi connectivity index (χ0n) is 12.7. The highest BCUT2D eigenvalue weighted by Crippen LogP contribution is 2.29. The zero-order chi connectivity index (χ0) is 14.4. The minimum atomic E-state index is 0.382. The van der Waals surface area contributed by atoms with E-state index in [4.69, 9.17) is 4.98 Å². The Hall–Kier alpha value is -2.10. The van der Waals surface area contributed by atoms with Gasteiger partial charge in [0.15, 0.2) is 0 Å². The molecule has 20 heavy (non-hydrogen) atoms. The van der Waals surface area contributed by atoms with Crippen LogP contribution < -0.4 is 0 Å². The van der Waals surface area contributed by atoms with E-state index in [0.29, 0.717) is 5.92 Å². The lowest BCUT2D eigenvalue weighted by Crippen LogP contribution is -1.97. The van der Waals surface area contributed by atoms with E-state index in [9.17, 15) is 0 Å². The van der Waals surface area contributed by atoms with Crippen molar-refractivity contribution in [2.24, 2.45) is 14.1 Å². The van der Waals surface area contributed by atoms with Crippen LogP contribution in [-0.4, -0.2) is 19.3 Å². The Bertz CT molecular complexity index is 777. The fourth-order valence-corrected chi connectivity index (χ4v) is 2.66. The Labute approximate surface area is 119 Å². The second-order valence-electron chi connectivity index (χ2n) is 5.74. The summed E-state index contributed by atoms with van der Waals surface area (Å²) in [5, 5.41) is 4.58. The van der Waals surface area contributed by atoms with Crippen LogP contribution in [0, 0.1) is 6.92 Å². The quantitative estimate of drug-likeness (QED) is 0.714. The molecule has 0 saturated heterocycles. The van der Waals surface area contributed by atoms with Crippen molar-refractivity contribution < 1.29 is 0 Å². The number of benzene rings is 1. The summed E-state index contributed by atoms with van der Waals surface area (Å²) >= 11 is 0. The average molecular weight is 268 g/mol. The van der Waals surface area contributed by atoms with Crippen molar-refractivity contribution >= 4 is 11.0 Å². The monoisotopic (exact) mass is 268 g/mol. The van der Waals surface area contributed by atoms with Gasteiger partial charge >= 0.3 is 0 Å². The molecule has 0 aliphatic rings. The van der Waals surface area contributed by atoms with Gasteiger partial charge in [-0.25, -0.2) is 4.98 Å². The van der Waals surface area contributed by atoms with Crippen LogP contribution >= 0.6 is 0 Å². The Balaban J connectivity index is 2.27. The molecule has 0 atom stereocenters. The molecule has 0 fully saturated rings. The molecular weight excluding hydrogens is 248 g/mol. The molecule has 4 nitrogen and oxygen atoms in total. The van der Waals surface area contributed by atoms with E-state index in [1.54, 1.807) is 0 Å². The molecule has 0 amide bonds.